The third kappa shape index (κ3) is 2.75. The van der Waals surface area contributed by atoms with Gasteiger partial charge in [0.15, 0.2) is 0 Å². The van der Waals surface area contributed by atoms with Gasteiger partial charge in [-0.3, -0.25) is 0 Å². The number of nitrogens with two attached hydrogens (primary N) is 1. The van der Waals surface area contributed by atoms with Crippen LogP contribution >= 0.6 is 0 Å². The summed E-state index contributed by atoms with van der Waals surface area (Å²) in [5, 5.41) is 2.83. The fourth-order valence-electron chi connectivity index (χ4n) is 1.02. The predicted molar refractivity (Wildman–Crippen MR) is 47.1 cm³/mol. The van der Waals surface area contributed by atoms with Crippen molar-refractivity contribution in [3.63, 3.8) is 0 Å². The molecule has 0 radical (unpaired) electrons. The van der Waals surface area contributed by atoms with Crippen LogP contribution in [0.1, 0.15) is 5.56 Å². The van der Waals surface area contributed by atoms with Crippen LogP contribution in [0.15, 0.2) is 18.2 Å². The first-order valence-electron chi connectivity index (χ1n) is 4.09. The van der Waals surface area contributed by atoms with Gasteiger partial charge in [-0.2, -0.15) is 0 Å². The average molecular weight is 186 g/mol. The molecule has 0 spiro atoms. The molecule has 3 N–H and O–H groups in total. The van der Waals surface area contributed by atoms with Crippen molar-refractivity contribution in [1.82, 2.24) is 5.32 Å². The van der Waals surface area contributed by atoms with Gasteiger partial charge in [0.25, 0.3) is 0 Å². The summed E-state index contributed by atoms with van der Waals surface area (Å²) in [4.78, 5) is 0. The Bertz CT molecular complexity index is 256. The van der Waals surface area contributed by atoms with Crippen molar-refractivity contribution in [2.45, 2.75) is 6.54 Å². The Morgan fingerprint density at radius 1 is 1.23 bits per heavy atom. The number of hydrogen-bond acceptors (Lipinski definition) is 2. The number of halogens is 2. The molecule has 4 heteroatoms. The Morgan fingerprint density at radius 3 is 2.38 bits per heavy atom. The van der Waals surface area contributed by atoms with Crippen molar-refractivity contribution >= 4 is 0 Å². The molecule has 0 saturated heterocycles. The highest BCUT2D eigenvalue weighted by Gasteiger charge is 2.06. The third-order valence-corrected chi connectivity index (χ3v) is 1.68. The summed E-state index contributed by atoms with van der Waals surface area (Å²) in [5.41, 5.74) is 5.28. The quantitative estimate of drug-likeness (QED) is 0.689. The zero-order chi connectivity index (χ0) is 9.68. The zero-order valence-electron chi connectivity index (χ0n) is 7.19. The molecule has 1 rings (SSSR count). The maximum atomic E-state index is 13.0. The van der Waals surface area contributed by atoms with Crippen LogP contribution in [0.3, 0.4) is 0 Å². The first-order chi connectivity index (χ1) is 6.25. The molecule has 0 amide bonds. The molecule has 1 aromatic carbocycles. The van der Waals surface area contributed by atoms with Gasteiger partial charge in [0, 0.05) is 25.2 Å². The van der Waals surface area contributed by atoms with Crippen LogP contribution in [0.4, 0.5) is 8.78 Å². The lowest BCUT2D eigenvalue weighted by Crippen LogP contribution is -2.22. The summed E-state index contributed by atoms with van der Waals surface area (Å²) < 4.78 is 25.9. The van der Waals surface area contributed by atoms with Crippen LogP contribution in [-0.4, -0.2) is 13.1 Å². The van der Waals surface area contributed by atoms with Crippen LogP contribution in [-0.2, 0) is 6.54 Å². The number of rotatable bonds is 4. The van der Waals surface area contributed by atoms with Crippen LogP contribution in [0.2, 0.25) is 0 Å². The highest BCUT2D eigenvalue weighted by molar-refractivity contribution is 5.19. The van der Waals surface area contributed by atoms with Crippen molar-refractivity contribution in [1.29, 1.82) is 0 Å². The number of hydrogen-bond donors (Lipinski definition) is 2. The molecule has 0 aliphatic rings. The van der Waals surface area contributed by atoms with E-state index in [2.05, 4.69) is 5.32 Å². The molecule has 0 bridgehead atoms. The van der Waals surface area contributed by atoms with E-state index in [4.69, 9.17) is 5.73 Å². The van der Waals surface area contributed by atoms with Gasteiger partial charge >= 0.3 is 0 Å². The molecule has 0 unspecified atom stereocenters. The van der Waals surface area contributed by atoms with E-state index in [1.165, 1.54) is 18.2 Å². The van der Waals surface area contributed by atoms with Gasteiger partial charge in [-0.1, -0.05) is 6.07 Å². The van der Waals surface area contributed by atoms with E-state index < -0.39 is 11.6 Å². The van der Waals surface area contributed by atoms with E-state index in [0.29, 0.717) is 13.1 Å². The first kappa shape index (κ1) is 10.1. The van der Waals surface area contributed by atoms with Crippen molar-refractivity contribution in [2.24, 2.45) is 5.73 Å². The van der Waals surface area contributed by atoms with Crippen LogP contribution in [0.25, 0.3) is 0 Å². The fourth-order valence-corrected chi connectivity index (χ4v) is 1.02. The normalized spacial score (nSPS) is 10.4. The highest BCUT2D eigenvalue weighted by Crippen LogP contribution is 2.10. The number of nitrogens with one attached hydrogen (secondary N) is 1. The van der Waals surface area contributed by atoms with Crippen molar-refractivity contribution in [3.05, 3.63) is 35.4 Å². The van der Waals surface area contributed by atoms with Gasteiger partial charge in [-0.05, 0) is 12.1 Å². The van der Waals surface area contributed by atoms with Gasteiger partial charge < -0.3 is 11.1 Å². The maximum Gasteiger partial charge on any atom is 0.130 e. The van der Waals surface area contributed by atoms with E-state index in [0.717, 1.165) is 0 Å². The van der Waals surface area contributed by atoms with E-state index in [9.17, 15) is 8.78 Å². The smallest absolute Gasteiger partial charge is 0.130 e. The summed E-state index contributed by atoms with van der Waals surface area (Å²) in [5.74, 6) is -1.05. The summed E-state index contributed by atoms with van der Waals surface area (Å²) >= 11 is 0. The Kier molecular flexibility index (Phi) is 3.79. The summed E-state index contributed by atoms with van der Waals surface area (Å²) in [6.45, 7) is 1.18. The fraction of sp³-hybridized carbons (Fsp3) is 0.333. The molecule has 72 valence electrons. The molecule has 13 heavy (non-hydrogen) atoms. The molecule has 1 aromatic rings. The minimum Gasteiger partial charge on any atom is -0.329 e. The molecule has 0 saturated carbocycles. The lowest BCUT2D eigenvalue weighted by Gasteiger charge is -2.05. The van der Waals surface area contributed by atoms with Crippen molar-refractivity contribution in [2.75, 3.05) is 13.1 Å². The SMILES string of the molecule is NCCNCc1c(F)cccc1F. The van der Waals surface area contributed by atoms with E-state index >= 15 is 0 Å². The zero-order valence-corrected chi connectivity index (χ0v) is 7.19. The summed E-state index contributed by atoms with van der Waals surface area (Å²) in [6, 6.07) is 3.82. The molecule has 0 aliphatic heterocycles. The molecule has 0 heterocycles. The molecular formula is C9H12F2N2. The first-order valence-corrected chi connectivity index (χ1v) is 4.09. The van der Waals surface area contributed by atoms with E-state index in [1.807, 2.05) is 0 Å². The Balaban J connectivity index is 2.64. The van der Waals surface area contributed by atoms with Crippen molar-refractivity contribution in [3.8, 4) is 0 Å². The lowest BCUT2D eigenvalue weighted by atomic mass is 10.2. The van der Waals surface area contributed by atoms with Crippen molar-refractivity contribution < 1.29 is 8.78 Å². The topological polar surface area (TPSA) is 38.0 Å². The second-order valence-corrected chi connectivity index (χ2v) is 2.67. The van der Waals surface area contributed by atoms with Crippen LogP contribution in [0, 0.1) is 11.6 Å². The standard InChI is InChI=1S/C9H12F2N2/c10-8-2-1-3-9(11)7(8)6-13-5-4-12/h1-3,13H,4-6,12H2. The molecule has 0 aliphatic carbocycles. The second kappa shape index (κ2) is 4.89. The van der Waals surface area contributed by atoms with Gasteiger partial charge in [-0.25, -0.2) is 8.78 Å². The van der Waals surface area contributed by atoms with Gasteiger partial charge in [0.2, 0.25) is 0 Å². The Hall–Kier alpha value is -1.00. The Labute approximate surface area is 75.7 Å². The minimum absolute atomic E-state index is 0.0657. The predicted octanol–water partition coefficient (Wildman–Crippen LogP) is 1.01. The molecule has 0 fully saturated rings. The summed E-state index contributed by atoms with van der Waals surface area (Å²) in [7, 11) is 0. The number of benzene rings is 1. The molecule has 0 atom stereocenters. The van der Waals surface area contributed by atoms with E-state index in [1.54, 1.807) is 0 Å². The minimum atomic E-state index is -0.524. The van der Waals surface area contributed by atoms with Crippen LogP contribution < -0.4 is 11.1 Å². The van der Waals surface area contributed by atoms with Gasteiger partial charge in [-0.15, -0.1) is 0 Å². The second-order valence-electron chi connectivity index (χ2n) is 2.67. The molecular weight excluding hydrogens is 174 g/mol. The maximum absolute atomic E-state index is 13.0. The third-order valence-electron chi connectivity index (χ3n) is 1.68. The van der Waals surface area contributed by atoms with Gasteiger partial charge in [0.05, 0.1) is 0 Å². The largest absolute Gasteiger partial charge is 0.329 e. The average Bonchev–Trinajstić information content (AvgIpc) is 2.10. The molecule has 2 nitrogen and oxygen atoms in total. The summed E-state index contributed by atoms with van der Waals surface area (Å²) in [6.07, 6.45) is 0. The molecule has 0 aromatic heterocycles. The van der Waals surface area contributed by atoms with Crippen LogP contribution in [0.5, 0.6) is 0 Å². The van der Waals surface area contributed by atoms with Gasteiger partial charge in [0.1, 0.15) is 11.6 Å². The monoisotopic (exact) mass is 186 g/mol. The van der Waals surface area contributed by atoms with E-state index in [-0.39, 0.29) is 12.1 Å². The highest BCUT2D eigenvalue weighted by atomic mass is 19.1. The lowest BCUT2D eigenvalue weighted by molar-refractivity contribution is 0.537. The Morgan fingerprint density at radius 2 is 1.85 bits per heavy atom.